The smallest absolute Gasteiger partial charge is 0.268 e. The average Bonchev–Trinajstić information content (AvgIpc) is 3.11. The SMILES string of the molecule is COc1cc(OC)c(OC)cc1CNC(=O)c1cc2c(F)cccc2[nH]1. The number of fused-ring (bicyclic) bond motifs is 1. The molecule has 0 aliphatic heterocycles. The first-order chi connectivity index (χ1) is 12.6. The number of methoxy groups -OCH3 is 3. The van der Waals surface area contributed by atoms with Gasteiger partial charge in [0.2, 0.25) is 0 Å². The van der Waals surface area contributed by atoms with E-state index >= 15 is 0 Å². The van der Waals surface area contributed by atoms with Gasteiger partial charge in [-0.1, -0.05) is 6.07 Å². The zero-order chi connectivity index (χ0) is 18.7. The molecule has 1 heterocycles. The van der Waals surface area contributed by atoms with E-state index in [1.165, 1.54) is 33.5 Å². The van der Waals surface area contributed by atoms with Crippen LogP contribution in [0.4, 0.5) is 4.39 Å². The van der Waals surface area contributed by atoms with Crippen LogP contribution in [-0.2, 0) is 6.54 Å². The van der Waals surface area contributed by atoms with Crippen molar-refractivity contribution in [2.75, 3.05) is 21.3 Å². The van der Waals surface area contributed by atoms with Gasteiger partial charge in [0.15, 0.2) is 11.5 Å². The van der Waals surface area contributed by atoms with Crippen LogP contribution in [0.15, 0.2) is 36.4 Å². The van der Waals surface area contributed by atoms with E-state index in [1.54, 1.807) is 24.3 Å². The Morgan fingerprint density at radius 2 is 1.73 bits per heavy atom. The van der Waals surface area contributed by atoms with Crippen molar-refractivity contribution in [3.63, 3.8) is 0 Å². The number of benzene rings is 2. The molecule has 1 aromatic heterocycles. The van der Waals surface area contributed by atoms with E-state index < -0.39 is 0 Å². The Bertz CT molecular complexity index is 952. The molecule has 1 amide bonds. The van der Waals surface area contributed by atoms with Crippen LogP contribution in [0.5, 0.6) is 17.2 Å². The molecule has 0 saturated carbocycles. The minimum absolute atomic E-state index is 0.209. The van der Waals surface area contributed by atoms with Gasteiger partial charge in [-0.2, -0.15) is 0 Å². The van der Waals surface area contributed by atoms with Gasteiger partial charge in [-0.3, -0.25) is 4.79 Å². The van der Waals surface area contributed by atoms with Gasteiger partial charge < -0.3 is 24.5 Å². The van der Waals surface area contributed by atoms with Gasteiger partial charge in [0.1, 0.15) is 17.3 Å². The average molecular weight is 358 g/mol. The lowest BCUT2D eigenvalue weighted by atomic mass is 10.1. The van der Waals surface area contributed by atoms with Crippen molar-refractivity contribution < 1.29 is 23.4 Å². The molecule has 136 valence electrons. The molecule has 0 aliphatic carbocycles. The lowest BCUT2D eigenvalue weighted by Gasteiger charge is -2.14. The summed E-state index contributed by atoms with van der Waals surface area (Å²) in [6.07, 6.45) is 0. The number of nitrogens with one attached hydrogen (secondary N) is 2. The molecule has 0 unspecified atom stereocenters. The molecule has 2 aromatic carbocycles. The number of ether oxygens (including phenoxy) is 3. The second kappa shape index (κ2) is 7.35. The van der Waals surface area contributed by atoms with Gasteiger partial charge >= 0.3 is 0 Å². The monoisotopic (exact) mass is 358 g/mol. The van der Waals surface area contributed by atoms with E-state index in [0.29, 0.717) is 28.2 Å². The van der Waals surface area contributed by atoms with Gasteiger partial charge in [-0.05, 0) is 24.3 Å². The first-order valence-corrected chi connectivity index (χ1v) is 7.91. The van der Waals surface area contributed by atoms with Crippen molar-refractivity contribution in [2.24, 2.45) is 0 Å². The number of H-pyrrole nitrogens is 1. The molecule has 0 radical (unpaired) electrons. The number of amides is 1. The molecule has 2 N–H and O–H groups in total. The Morgan fingerprint density at radius 3 is 2.38 bits per heavy atom. The minimum Gasteiger partial charge on any atom is -0.496 e. The number of carbonyl (C=O) groups is 1. The molecule has 0 aliphatic rings. The summed E-state index contributed by atoms with van der Waals surface area (Å²) in [5.41, 5.74) is 1.57. The maximum absolute atomic E-state index is 13.8. The van der Waals surface area contributed by atoms with Crippen LogP contribution in [0.2, 0.25) is 0 Å². The van der Waals surface area contributed by atoms with Gasteiger partial charge in [0.25, 0.3) is 5.91 Å². The third-order valence-corrected chi connectivity index (χ3v) is 4.08. The van der Waals surface area contributed by atoms with Crippen LogP contribution in [0.3, 0.4) is 0 Å². The third kappa shape index (κ3) is 3.28. The number of aromatic amines is 1. The molecule has 7 heteroatoms. The summed E-state index contributed by atoms with van der Waals surface area (Å²) in [5.74, 6) is 0.901. The zero-order valence-electron chi connectivity index (χ0n) is 14.7. The van der Waals surface area contributed by atoms with Crippen molar-refractivity contribution >= 4 is 16.8 Å². The maximum atomic E-state index is 13.8. The van der Waals surface area contributed by atoms with E-state index in [9.17, 15) is 9.18 Å². The standard InChI is InChI=1S/C19H19FN2O4/c1-24-16-9-18(26-3)17(25-2)7-11(16)10-21-19(23)15-8-12-13(20)5-4-6-14(12)22-15/h4-9,22H,10H2,1-3H3,(H,21,23). The number of aromatic nitrogens is 1. The molecule has 0 saturated heterocycles. The van der Waals surface area contributed by atoms with Crippen LogP contribution in [0, 0.1) is 5.82 Å². The Kier molecular flexibility index (Phi) is 4.97. The van der Waals surface area contributed by atoms with E-state index in [1.807, 2.05) is 0 Å². The van der Waals surface area contributed by atoms with Gasteiger partial charge in [-0.15, -0.1) is 0 Å². The van der Waals surface area contributed by atoms with Crippen molar-refractivity contribution in [1.82, 2.24) is 10.3 Å². The maximum Gasteiger partial charge on any atom is 0.268 e. The van der Waals surface area contributed by atoms with Gasteiger partial charge in [0.05, 0.1) is 21.3 Å². The summed E-state index contributed by atoms with van der Waals surface area (Å²) in [6.45, 7) is 0.209. The first-order valence-electron chi connectivity index (χ1n) is 7.91. The van der Waals surface area contributed by atoms with Crippen molar-refractivity contribution in [3.05, 3.63) is 53.5 Å². The summed E-state index contributed by atoms with van der Waals surface area (Å²) in [4.78, 5) is 15.3. The second-order valence-electron chi connectivity index (χ2n) is 5.59. The van der Waals surface area contributed by atoms with Crippen molar-refractivity contribution in [1.29, 1.82) is 0 Å². The van der Waals surface area contributed by atoms with E-state index in [4.69, 9.17) is 14.2 Å². The molecular formula is C19H19FN2O4. The van der Waals surface area contributed by atoms with Gasteiger partial charge in [-0.25, -0.2) is 4.39 Å². The number of hydrogen-bond donors (Lipinski definition) is 2. The topological polar surface area (TPSA) is 72.6 Å². The molecule has 0 fully saturated rings. The third-order valence-electron chi connectivity index (χ3n) is 4.08. The number of halogens is 1. The lowest BCUT2D eigenvalue weighted by molar-refractivity contribution is 0.0946. The summed E-state index contributed by atoms with van der Waals surface area (Å²) >= 11 is 0. The molecule has 6 nitrogen and oxygen atoms in total. The van der Waals surface area contributed by atoms with E-state index in [-0.39, 0.29) is 24.0 Å². The number of carbonyl (C=O) groups excluding carboxylic acids is 1. The summed E-state index contributed by atoms with van der Waals surface area (Å²) in [6, 6.07) is 9.58. The summed E-state index contributed by atoms with van der Waals surface area (Å²) in [5, 5.41) is 3.17. The lowest BCUT2D eigenvalue weighted by Crippen LogP contribution is -2.23. The Hall–Kier alpha value is -3.22. The zero-order valence-corrected chi connectivity index (χ0v) is 14.7. The Labute approximate surface area is 149 Å². The highest BCUT2D eigenvalue weighted by molar-refractivity contribution is 5.98. The van der Waals surface area contributed by atoms with Crippen LogP contribution >= 0.6 is 0 Å². The molecule has 0 spiro atoms. The molecule has 3 aromatic rings. The molecule has 0 atom stereocenters. The number of rotatable bonds is 6. The predicted molar refractivity (Wildman–Crippen MR) is 95.5 cm³/mol. The molecule has 0 bridgehead atoms. The van der Waals surface area contributed by atoms with Crippen LogP contribution in [0.25, 0.3) is 10.9 Å². The Balaban J connectivity index is 1.81. The highest BCUT2D eigenvalue weighted by atomic mass is 19.1. The van der Waals surface area contributed by atoms with Gasteiger partial charge in [0, 0.05) is 29.1 Å². The summed E-state index contributed by atoms with van der Waals surface area (Å²) in [7, 11) is 4.60. The highest BCUT2D eigenvalue weighted by Crippen LogP contribution is 2.34. The normalized spacial score (nSPS) is 10.6. The fourth-order valence-corrected chi connectivity index (χ4v) is 2.74. The quantitative estimate of drug-likeness (QED) is 0.709. The highest BCUT2D eigenvalue weighted by Gasteiger charge is 2.15. The van der Waals surface area contributed by atoms with Crippen molar-refractivity contribution in [3.8, 4) is 17.2 Å². The minimum atomic E-state index is -0.376. The largest absolute Gasteiger partial charge is 0.496 e. The second-order valence-corrected chi connectivity index (χ2v) is 5.59. The van der Waals surface area contributed by atoms with E-state index in [0.717, 1.165) is 5.56 Å². The summed E-state index contributed by atoms with van der Waals surface area (Å²) < 4.78 is 29.6. The van der Waals surface area contributed by atoms with E-state index in [2.05, 4.69) is 10.3 Å². The number of hydrogen-bond acceptors (Lipinski definition) is 4. The molecule has 3 rings (SSSR count). The fraction of sp³-hybridized carbons (Fsp3) is 0.211. The molecule has 26 heavy (non-hydrogen) atoms. The molecular weight excluding hydrogens is 339 g/mol. The predicted octanol–water partition coefficient (Wildman–Crippen LogP) is 3.26. The van der Waals surface area contributed by atoms with Crippen LogP contribution in [0.1, 0.15) is 16.1 Å². The van der Waals surface area contributed by atoms with Crippen LogP contribution in [-0.4, -0.2) is 32.2 Å². The van der Waals surface area contributed by atoms with Crippen molar-refractivity contribution in [2.45, 2.75) is 6.54 Å². The Morgan fingerprint density at radius 1 is 1.04 bits per heavy atom. The fourth-order valence-electron chi connectivity index (χ4n) is 2.74. The first kappa shape index (κ1) is 17.6. The van der Waals surface area contributed by atoms with Crippen LogP contribution < -0.4 is 19.5 Å².